The van der Waals surface area contributed by atoms with Gasteiger partial charge < -0.3 is 15.0 Å². The van der Waals surface area contributed by atoms with Crippen molar-refractivity contribution in [2.75, 3.05) is 31.6 Å². The van der Waals surface area contributed by atoms with Crippen molar-refractivity contribution in [1.82, 2.24) is 10.3 Å². The molecule has 0 atom stereocenters. The van der Waals surface area contributed by atoms with E-state index in [1.807, 2.05) is 24.6 Å². The summed E-state index contributed by atoms with van der Waals surface area (Å²) in [5, 5.41) is 4.63. The summed E-state index contributed by atoms with van der Waals surface area (Å²) < 4.78 is 5.40. The van der Waals surface area contributed by atoms with Crippen LogP contribution in [0.3, 0.4) is 0 Å². The van der Waals surface area contributed by atoms with Crippen LogP contribution in [0.2, 0.25) is 0 Å². The lowest BCUT2D eigenvalue weighted by Gasteiger charge is -2.30. The first kappa shape index (κ1) is 14.8. The van der Waals surface area contributed by atoms with Crippen LogP contribution in [0.1, 0.15) is 31.6 Å². The predicted molar refractivity (Wildman–Crippen MR) is 80.9 cm³/mol. The number of anilines is 1. The lowest BCUT2D eigenvalue weighted by molar-refractivity contribution is 0.0819. The average molecular weight is 283 g/mol. The van der Waals surface area contributed by atoms with Gasteiger partial charge in [-0.05, 0) is 25.3 Å². The molecule has 1 saturated heterocycles. The molecule has 0 radical (unpaired) electrons. The number of nitrogens with zero attached hydrogens (tertiary/aromatic N) is 2. The van der Waals surface area contributed by atoms with Gasteiger partial charge in [-0.3, -0.25) is 0 Å². The Morgan fingerprint density at radius 3 is 2.84 bits per heavy atom. The minimum Gasteiger partial charge on any atom is -0.381 e. The fourth-order valence-electron chi connectivity index (χ4n) is 2.29. The summed E-state index contributed by atoms with van der Waals surface area (Å²) in [5.41, 5.74) is 0. The molecule has 2 heterocycles. The number of hydrogen-bond acceptors (Lipinski definition) is 5. The number of nitrogens with one attached hydrogen (secondary N) is 1. The maximum atomic E-state index is 5.40. The molecule has 0 unspecified atom stereocenters. The highest BCUT2D eigenvalue weighted by molar-refractivity contribution is 7.15. The Hall–Kier alpha value is -0.650. The van der Waals surface area contributed by atoms with Crippen LogP contribution in [0.15, 0.2) is 6.20 Å². The van der Waals surface area contributed by atoms with Gasteiger partial charge in [0.1, 0.15) is 0 Å². The zero-order chi connectivity index (χ0) is 13.7. The number of methoxy groups -OCH3 is 1. The Kier molecular flexibility index (Phi) is 5.60. The highest BCUT2D eigenvalue weighted by Gasteiger charge is 2.20. The first-order chi connectivity index (χ1) is 9.19. The molecular weight excluding hydrogens is 258 g/mol. The number of rotatable bonds is 6. The number of hydrogen-bond donors (Lipinski definition) is 1. The van der Waals surface area contributed by atoms with Gasteiger partial charge in [-0.2, -0.15) is 0 Å². The van der Waals surface area contributed by atoms with Crippen LogP contribution in [0.5, 0.6) is 0 Å². The van der Waals surface area contributed by atoms with Crippen molar-refractivity contribution in [1.29, 1.82) is 0 Å². The summed E-state index contributed by atoms with van der Waals surface area (Å²) >= 11 is 1.81. The number of aromatic nitrogens is 1. The van der Waals surface area contributed by atoms with Crippen molar-refractivity contribution in [2.24, 2.45) is 5.92 Å². The van der Waals surface area contributed by atoms with E-state index in [4.69, 9.17) is 4.74 Å². The first-order valence-electron chi connectivity index (χ1n) is 7.12. The summed E-state index contributed by atoms with van der Waals surface area (Å²) in [5.74, 6) is 0.695. The third-order valence-electron chi connectivity index (χ3n) is 3.44. The van der Waals surface area contributed by atoms with E-state index in [1.54, 1.807) is 0 Å². The lowest BCUT2D eigenvalue weighted by Crippen LogP contribution is -2.36. The highest BCUT2D eigenvalue weighted by atomic mass is 32.1. The van der Waals surface area contributed by atoms with Crippen LogP contribution < -0.4 is 10.2 Å². The Morgan fingerprint density at radius 2 is 2.21 bits per heavy atom. The standard InChI is InChI=1S/C14H25N3OS/c1-11(2)8-15-9-13-10-16-14(19-13)17-6-4-12(18-3)5-7-17/h10-12,15H,4-9H2,1-3H3. The number of piperidine rings is 1. The molecule has 1 aromatic heterocycles. The van der Waals surface area contributed by atoms with Crippen LogP contribution in [0.25, 0.3) is 0 Å². The third kappa shape index (κ3) is 4.44. The summed E-state index contributed by atoms with van der Waals surface area (Å²) in [4.78, 5) is 8.26. The molecule has 0 bridgehead atoms. The molecule has 1 fully saturated rings. The molecule has 19 heavy (non-hydrogen) atoms. The molecule has 0 aliphatic carbocycles. The van der Waals surface area contributed by atoms with Gasteiger partial charge in [0.05, 0.1) is 6.10 Å². The molecule has 4 nitrogen and oxygen atoms in total. The molecule has 1 aromatic rings. The fourth-order valence-corrected chi connectivity index (χ4v) is 3.22. The topological polar surface area (TPSA) is 37.4 Å². The minimum atomic E-state index is 0.434. The van der Waals surface area contributed by atoms with Crippen LogP contribution in [0, 0.1) is 5.92 Å². The van der Waals surface area contributed by atoms with E-state index in [1.165, 1.54) is 4.88 Å². The van der Waals surface area contributed by atoms with Gasteiger partial charge in [0.2, 0.25) is 0 Å². The maximum Gasteiger partial charge on any atom is 0.185 e. The van der Waals surface area contributed by atoms with Crippen molar-refractivity contribution in [3.63, 3.8) is 0 Å². The number of ether oxygens (including phenoxy) is 1. The lowest BCUT2D eigenvalue weighted by atomic mass is 10.1. The second kappa shape index (κ2) is 7.22. The molecule has 0 saturated carbocycles. The second-order valence-corrected chi connectivity index (χ2v) is 6.65. The van der Waals surface area contributed by atoms with Gasteiger partial charge in [0.25, 0.3) is 0 Å². The molecule has 0 spiro atoms. The minimum absolute atomic E-state index is 0.434. The molecule has 1 aliphatic heterocycles. The Morgan fingerprint density at radius 1 is 1.47 bits per heavy atom. The molecular formula is C14H25N3OS. The van der Waals surface area contributed by atoms with Crippen LogP contribution in [-0.4, -0.2) is 37.8 Å². The van der Waals surface area contributed by atoms with E-state index >= 15 is 0 Å². The molecule has 2 rings (SSSR count). The first-order valence-corrected chi connectivity index (χ1v) is 7.94. The van der Waals surface area contributed by atoms with Gasteiger partial charge >= 0.3 is 0 Å². The van der Waals surface area contributed by atoms with E-state index in [0.717, 1.165) is 44.2 Å². The SMILES string of the molecule is COC1CCN(c2ncc(CNCC(C)C)s2)CC1. The Labute approximate surface area is 120 Å². The Balaban J connectivity index is 1.80. The highest BCUT2D eigenvalue weighted by Crippen LogP contribution is 2.26. The molecule has 1 N–H and O–H groups in total. The van der Waals surface area contributed by atoms with Crippen LogP contribution in [0.4, 0.5) is 5.13 Å². The monoisotopic (exact) mass is 283 g/mol. The van der Waals surface area contributed by atoms with E-state index in [2.05, 4.69) is 29.0 Å². The van der Waals surface area contributed by atoms with Crippen molar-refractivity contribution in [2.45, 2.75) is 39.3 Å². The Bertz CT molecular complexity index is 373. The van der Waals surface area contributed by atoms with Gasteiger partial charge in [-0.1, -0.05) is 13.8 Å². The van der Waals surface area contributed by atoms with Crippen molar-refractivity contribution >= 4 is 16.5 Å². The summed E-state index contributed by atoms with van der Waals surface area (Å²) in [7, 11) is 1.81. The van der Waals surface area contributed by atoms with E-state index in [9.17, 15) is 0 Å². The van der Waals surface area contributed by atoms with E-state index in [-0.39, 0.29) is 0 Å². The summed E-state index contributed by atoms with van der Waals surface area (Å²) in [6.07, 6.45) is 4.66. The van der Waals surface area contributed by atoms with Gasteiger partial charge in [-0.15, -0.1) is 11.3 Å². The van der Waals surface area contributed by atoms with Crippen molar-refractivity contribution < 1.29 is 4.74 Å². The van der Waals surface area contributed by atoms with Crippen molar-refractivity contribution in [3.05, 3.63) is 11.1 Å². The normalized spacial score (nSPS) is 17.4. The maximum absolute atomic E-state index is 5.40. The van der Waals surface area contributed by atoms with Gasteiger partial charge in [-0.25, -0.2) is 4.98 Å². The zero-order valence-electron chi connectivity index (χ0n) is 12.2. The summed E-state index contributed by atoms with van der Waals surface area (Å²) in [6, 6.07) is 0. The summed E-state index contributed by atoms with van der Waals surface area (Å²) in [6.45, 7) is 8.57. The van der Waals surface area contributed by atoms with Gasteiger partial charge in [0, 0.05) is 37.8 Å². The van der Waals surface area contributed by atoms with Gasteiger partial charge in [0.15, 0.2) is 5.13 Å². The average Bonchev–Trinajstić information content (AvgIpc) is 2.87. The van der Waals surface area contributed by atoms with E-state index in [0.29, 0.717) is 12.0 Å². The van der Waals surface area contributed by atoms with Crippen LogP contribution in [-0.2, 0) is 11.3 Å². The van der Waals surface area contributed by atoms with E-state index < -0.39 is 0 Å². The predicted octanol–water partition coefficient (Wildman–Crippen LogP) is 2.50. The molecule has 0 aromatic carbocycles. The fraction of sp³-hybridized carbons (Fsp3) is 0.786. The second-order valence-electron chi connectivity index (χ2n) is 5.56. The van der Waals surface area contributed by atoms with Crippen LogP contribution >= 0.6 is 11.3 Å². The molecule has 108 valence electrons. The molecule has 5 heteroatoms. The number of thiazole rings is 1. The quantitative estimate of drug-likeness (QED) is 0.870. The third-order valence-corrected chi connectivity index (χ3v) is 4.50. The molecule has 0 amide bonds. The van der Waals surface area contributed by atoms with Crippen molar-refractivity contribution in [3.8, 4) is 0 Å². The molecule has 1 aliphatic rings. The smallest absolute Gasteiger partial charge is 0.185 e. The largest absolute Gasteiger partial charge is 0.381 e. The zero-order valence-corrected chi connectivity index (χ0v) is 13.0.